The maximum atomic E-state index is 11.9. The van der Waals surface area contributed by atoms with Crippen molar-refractivity contribution >= 4 is 18.3 Å². The number of benzene rings is 1. The fourth-order valence-corrected chi connectivity index (χ4v) is 2.90. The molecule has 2 fully saturated rings. The van der Waals surface area contributed by atoms with Crippen molar-refractivity contribution in [2.45, 2.75) is 38.0 Å². The van der Waals surface area contributed by atoms with Gasteiger partial charge in [-0.25, -0.2) is 0 Å². The second-order valence-electron chi connectivity index (χ2n) is 6.45. The minimum atomic E-state index is 0. The number of aryl methyl sites for hydroxylation is 1. The first-order chi connectivity index (χ1) is 9.70. The van der Waals surface area contributed by atoms with Gasteiger partial charge >= 0.3 is 0 Å². The molecular weight excluding hydrogens is 284 g/mol. The first kappa shape index (κ1) is 16.3. The van der Waals surface area contributed by atoms with Crippen LogP contribution in [0.15, 0.2) is 24.3 Å². The predicted molar refractivity (Wildman–Crippen MR) is 87.9 cm³/mol. The molecule has 4 heteroatoms. The Kier molecular flexibility index (Phi) is 5.28. The van der Waals surface area contributed by atoms with Crippen LogP contribution in [-0.2, 0) is 10.2 Å². The van der Waals surface area contributed by atoms with Crippen LogP contribution >= 0.6 is 12.4 Å². The lowest BCUT2D eigenvalue weighted by Crippen LogP contribution is -2.38. The topological polar surface area (TPSA) is 41.1 Å². The molecule has 2 aliphatic rings. The summed E-state index contributed by atoms with van der Waals surface area (Å²) in [5.74, 6) is 0.954. The Morgan fingerprint density at radius 3 is 2.62 bits per heavy atom. The Hall–Kier alpha value is -1.06. The van der Waals surface area contributed by atoms with Gasteiger partial charge in [0.1, 0.15) is 0 Å². The van der Waals surface area contributed by atoms with Crippen molar-refractivity contribution in [2.24, 2.45) is 5.92 Å². The molecule has 2 N–H and O–H groups in total. The van der Waals surface area contributed by atoms with E-state index in [0.29, 0.717) is 6.54 Å². The van der Waals surface area contributed by atoms with Crippen LogP contribution in [0.1, 0.15) is 36.8 Å². The summed E-state index contributed by atoms with van der Waals surface area (Å²) in [6.45, 7) is 4.40. The van der Waals surface area contributed by atoms with Crippen LogP contribution < -0.4 is 10.6 Å². The lowest BCUT2D eigenvalue weighted by molar-refractivity contribution is -0.120. The summed E-state index contributed by atoms with van der Waals surface area (Å²) in [5.41, 5.74) is 2.95. The van der Waals surface area contributed by atoms with Crippen molar-refractivity contribution in [1.82, 2.24) is 10.6 Å². The third-order valence-corrected chi connectivity index (χ3v) is 4.61. The highest BCUT2D eigenvalue weighted by Gasteiger charge is 2.44. The van der Waals surface area contributed by atoms with Gasteiger partial charge in [0, 0.05) is 12.0 Å². The number of halogens is 1. The predicted octanol–water partition coefficient (Wildman–Crippen LogP) is 2.56. The largest absolute Gasteiger partial charge is 0.354 e. The molecule has 0 bridgehead atoms. The zero-order valence-electron chi connectivity index (χ0n) is 12.7. The number of amides is 1. The Morgan fingerprint density at radius 1 is 1.29 bits per heavy atom. The van der Waals surface area contributed by atoms with E-state index in [1.54, 1.807) is 0 Å². The van der Waals surface area contributed by atoms with Gasteiger partial charge in [0.2, 0.25) is 5.91 Å². The number of carbonyl (C=O) groups is 1. The fourth-order valence-electron chi connectivity index (χ4n) is 2.90. The van der Waals surface area contributed by atoms with Gasteiger partial charge in [-0.2, -0.15) is 0 Å². The molecule has 0 aromatic heterocycles. The van der Waals surface area contributed by atoms with E-state index in [-0.39, 0.29) is 23.7 Å². The quantitative estimate of drug-likeness (QED) is 0.813. The number of hydrogen-bond acceptors (Lipinski definition) is 2. The van der Waals surface area contributed by atoms with E-state index >= 15 is 0 Å². The number of rotatable bonds is 7. The number of nitrogens with one attached hydrogen (secondary N) is 2. The van der Waals surface area contributed by atoms with Gasteiger partial charge in [0.05, 0.1) is 6.54 Å². The van der Waals surface area contributed by atoms with E-state index < -0.39 is 0 Å². The molecule has 3 nitrogen and oxygen atoms in total. The molecule has 1 aromatic rings. The fraction of sp³-hybridized carbons (Fsp3) is 0.588. The van der Waals surface area contributed by atoms with Gasteiger partial charge in [-0.15, -0.1) is 12.4 Å². The van der Waals surface area contributed by atoms with Crippen LogP contribution in [-0.4, -0.2) is 25.5 Å². The number of carbonyl (C=O) groups excluding carboxylic acids is 1. The summed E-state index contributed by atoms with van der Waals surface area (Å²) in [6, 6.07) is 8.55. The summed E-state index contributed by atoms with van der Waals surface area (Å²) in [7, 11) is 0. The minimum absolute atomic E-state index is 0. The molecule has 0 unspecified atom stereocenters. The van der Waals surface area contributed by atoms with Gasteiger partial charge < -0.3 is 10.6 Å². The molecule has 21 heavy (non-hydrogen) atoms. The van der Waals surface area contributed by atoms with Gasteiger partial charge in [-0.3, -0.25) is 4.79 Å². The molecule has 2 saturated carbocycles. The van der Waals surface area contributed by atoms with E-state index in [9.17, 15) is 4.79 Å². The normalized spacial score (nSPS) is 18.7. The number of hydrogen-bond donors (Lipinski definition) is 2. The lowest BCUT2D eigenvalue weighted by Gasteiger charge is -2.19. The van der Waals surface area contributed by atoms with Crippen LogP contribution in [0.25, 0.3) is 0 Å². The molecule has 0 saturated heterocycles. The van der Waals surface area contributed by atoms with Crippen molar-refractivity contribution in [1.29, 1.82) is 0 Å². The van der Waals surface area contributed by atoms with Crippen LogP contribution in [0.4, 0.5) is 0 Å². The summed E-state index contributed by atoms with van der Waals surface area (Å²) >= 11 is 0. The van der Waals surface area contributed by atoms with Gasteiger partial charge in [0.15, 0.2) is 0 Å². The molecule has 0 aliphatic heterocycles. The Morgan fingerprint density at radius 2 is 2.00 bits per heavy atom. The summed E-state index contributed by atoms with van der Waals surface area (Å²) in [5, 5.41) is 6.35. The summed E-state index contributed by atoms with van der Waals surface area (Å²) < 4.78 is 0. The summed E-state index contributed by atoms with van der Waals surface area (Å²) in [4.78, 5) is 11.9. The SMILES string of the molecule is Cc1ccccc1C1(CNC(=O)CNCC2CC2)CC1.Cl. The third-order valence-electron chi connectivity index (χ3n) is 4.61. The first-order valence-electron chi connectivity index (χ1n) is 7.73. The zero-order chi connectivity index (χ0) is 14.0. The van der Waals surface area contributed by atoms with Crippen molar-refractivity contribution in [3.63, 3.8) is 0 Å². The average Bonchev–Trinajstić information content (AvgIpc) is 3.33. The molecule has 116 valence electrons. The molecule has 1 amide bonds. The van der Waals surface area contributed by atoms with E-state index in [4.69, 9.17) is 0 Å². The molecular formula is C17H25ClN2O. The molecule has 0 atom stereocenters. The average molecular weight is 309 g/mol. The third kappa shape index (κ3) is 4.21. The molecule has 0 heterocycles. The van der Waals surface area contributed by atoms with Crippen LogP contribution in [0.3, 0.4) is 0 Å². The Bertz CT molecular complexity index is 495. The summed E-state index contributed by atoms with van der Waals surface area (Å²) in [6.07, 6.45) is 5.03. The standard InChI is InChI=1S/C17H24N2O.ClH/c1-13-4-2-3-5-15(13)17(8-9-17)12-19-16(20)11-18-10-14-6-7-14;/h2-5,14,18H,6-12H2,1H3,(H,19,20);1H. The highest BCUT2D eigenvalue weighted by Crippen LogP contribution is 2.48. The van der Waals surface area contributed by atoms with E-state index in [1.807, 2.05) is 0 Å². The second kappa shape index (κ2) is 6.80. The van der Waals surface area contributed by atoms with E-state index in [2.05, 4.69) is 41.8 Å². The maximum Gasteiger partial charge on any atom is 0.233 e. The first-order valence-corrected chi connectivity index (χ1v) is 7.73. The van der Waals surface area contributed by atoms with E-state index in [1.165, 1.54) is 36.8 Å². The molecule has 0 radical (unpaired) electrons. The van der Waals surface area contributed by atoms with Crippen LogP contribution in [0.2, 0.25) is 0 Å². The highest BCUT2D eigenvalue weighted by atomic mass is 35.5. The van der Waals surface area contributed by atoms with Crippen LogP contribution in [0.5, 0.6) is 0 Å². The molecule has 1 aromatic carbocycles. The van der Waals surface area contributed by atoms with Gasteiger partial charge in [-0.1, -0.05) is 24.3 Å². The lowest BCUT2D eigenvalue weighted by atomic mass is 9.92. The molecule has 0 spiro atoms. The van der Waals surface area contributed by atoms with Crippen molar-refractivity contribution in [3.05, 3.63) is 35.4 Å². The molecule has 3 rings (SSSR count). The minimum Gasteiger partial charge on any atom is -0.354 e. The van der Waals surface area contributed by atoms with E-state index in [0.717, 1.165) is 19.0 Å². The highest BCUT2D eigenvalue weighted by molar-refractivity contribution is 5.85. The molecule has 2 aliphatic carbocycles. The second-order valence-corrected chi connectivity index (χ2v) is 6.45. The maximum absolute atomic E-state index is 11.9. The monoisotopic (exact) mass is 308 g/mol. The Balaban J connectivity index is 0.00000161. The smallest absolute Gasteiger partial charge is 0.233 e. The van der Waals surface area contributed by atoms with Gasteiger partial charge in [-0.05, 0) is 56.2 Å². The Labute approximate surface area is 133 Å². The van der Waals surface area contributed by atoms with Crippen molar-refractivity contribution in [3.8, 4) is 0 Å². The van der Waals surface area contributed by atoms with Crippen molar-refractivity contribution in [2.75, 3.05) is 19.6 Å². The zero-order valence-corrected chi connectivity index (χ0v) is 13.5. The van der Waals surface area contributed by atoms with Crippen molar-refractivity contribution < 1.29 is 4.79 Å². The van der Waals surface area contributed by atoms with Crippen LogP contribution in [0, 0.1) is 12.8 Å². The van der Waals surface area contributed by atoms with Gasteiger partial charge in [0.25, 0.3) is 0 Å².